The van der Waals surface area contributed by atoms with Crippen LogP contribution < -0.4 is 5.73 Å². The third-order valence-electron chi connectivity index (χ3n) is 8.83. The summed E-state index contributed by atoms with van der Waals surface area (Å²) < 4.78 is 5.82. The third-order valence-corrected chi connectivity index (χ3v) is 8.83. The lowest BCUT2D eigenvalue weighted by Crippen LogP contribution is -2.36. The van der Waals surface area contributed by atoms with Crippen LogP contribution in [0.5, 0.6) is 0 Å². The van der Waals surface area contributed by atoms with Crippen LogP contribution in [0, 0.1) is 25.7 Å². The highest BCUT2D eigenvalue weighted by atomic mass is 16.5. The fraction of sp³-hybridized carbons (Fsp3) is 0.533. The Bertz CT molecular complexity index is 1170. The van der Waals surface area contributed by atoms with Crippen molar-refractivity contribution in [2.24, 2.45) is 17.6 Å². The van der Waals surface area contributed by atoms with E-state index >= 15 is 0 Å². The lowest BCUT2D eigenvalue weighted by Gasteiger charge is -2.27. The van der Waals surface area contributed by atoms with Gasteiger partial charge in [0.05, 0.1) is 23.3 Å². The van der Waals surface area contributed by atoms with Gasteiger partial charge in [-0.05, 0) is 74.3 Å². The number of carbonyl (C=O) groups is 3. The van der Waals surface area contributed by atoms with Crippen molar-refractivity contribution in [3.63, 3.8) is 0 Å². The second kappa shape index (κ2) is 10.8. The van der Waals surface area contributed by atoms with Gasteiger partial charge in [-0.3, -0.25) is 19.4 Å². The summed E-state index contributed by atoms with van der Waals surface area (Å²) in [5.41, 5.74) is 8.63. The van der Waals surface area contributed by atoms with E-state index in [2.05, 4.69) is 9.88 Å². The lowest BCUT2D eigenvalue weighted by atomic mass is 9.78. The molecule has 2 unspecified atom stereocenters. The molecule has 2 aromatic rings. The van der Waals surface area contributed by atoms with Crippen molar-refractivity contribution in [1.82, 2.24) is 14.8 Å². The van der Waals surface area contributed by atoms with E-state index in [-0.39, 0.29) is 11.9 Å². The van der Waals surface area contributed by atoms with Gasteiger partial charge >= 0.3 is 5.97 Å². The number of nitrogens with zero attached hydrogens (tertiary/aromatic N) is 3. The van der Waals surface area contributed by atoms with Gasteiger partial charge in [0.15, 0.2) is 0 Å². The zero-order valence-corrected chi connectivity index (χ0v) is 22.4. The minimum Gasteiger partial charge on any atom is -0.465 e. The Morgan fingerprint density at radius 1 is 1.00 bits per heavy atom. The van der Waals surface area contributed by atoms with Crippen LogP contribution in [0.2, 0.25) is 0 Å². The van der Waals surface area contributed by atoms with E-state index < -0.39 is 11.3 Å². The summed E-state index contributed by atoms with van der Waals surface area (Å²) in [5.74, 6) is 0.456. The first-order valence-corrected chi connectivity index (χ1v) is 13.8. The lowest BCUT2D eigenvalue weighted by molar-refractivity contribution is -0.150. The summed E-state index contributed by atoms with van der Waals surface area (Å²) in [6.45, 7) is 8.69. The fourth-order valence-corrected chi connectivity index (χ4v) is 6.75. The number of aromatic nitrogens is 1. The van der Waals surface area contributed by atoms with E-state index in [1.54, 1.807) is 18.3 Å². The fourth-order valence-electron chi connectivity index (χ4n) is 6.75. The molecular weight excluding hydrogens is 480 g/mol. The highest BCUT2D eigenvalue weighted by Gasteiger charge is 2.44. The second-order valence-electron chi connectivity index (χ2n) is 11.3. The van der Waals surface area contributed by atoms with Crippen LogP contribution in [-0.4, -0.2) is 71.9 Å². The number of pyridine rings is 1. The van der Waals surface area contributed by atoms with Crippen molar-refractivity contribution >= 4 is 17.8 Å². The molecule has 38 heavy (non-hydrogen) atoms. The molecule has 8 heteroatoms. The topological polar surface area (TPSA) is 106 Å². The molecule has 1 aromatic heterocycles. The Morgan fingerprint density at radius 3 is 2.26 bits per heavy atom. The standard InChI is InChI=1S/C30H38N4O4/c1-20-10-13-32-21(2)26(20)28(36)34-18-23-16-33(17-24(23)19-34)14-5-15-38-29(37)30(11-3-4-12-30)25-8-6-22(7-9-25)27(31)35/h6-10,13,23-24H,3-5,11-12,14-19H2,1-2H3,(H2,31,35). The molecule has 2 N–H and O–H groups in total. The van der Waals surface area contributed by atoms with Gasteiger partial charge in [0.1, 0.15) is 0 Å². The molecular formula is C30H38N4O4. The molecule has 1 aromatic carbocycles. The number of ether oxygens (including phenoxy) is 1. The molecule has 2 atom stereocenters. The Labute approximate surface area is 224 Å². The molecule has 0 spiro atoms. The number of likely N-dealkylation sites (tertiary alicyclic amines) is 2. The highest BCUT2D eigenvalue weighted by Crippen LogP contribution is 2.42. The molecule has 3 heterocycles. The number of aryl methyl sites for hydroxylation is 2. The summed E-state index contributed by atoms with van der Waals surface area (Å²) in [6.07, 6.45) is 6.06. The highest BCUT2D eigenvalue weighted by molar-refractivity contribution is 5.97. The van der Waals surface area contributed by atoms with Gasteiger partial charge in [-0.1, -0.05) is 25.0 Å². The van der Waals surface area contributed by atoms with Gasteiger partial charge in [-0.25, -0.2) is 0 Å². The van der Waals surface area contributed by atoms with Crippen molar-refractivity contribution in [3.05, 3.63) is 64.5 Å². The van der Waals surface area contributed by atoms with Gasteiger partial charge in [-0.15, -0.1) is 0 Å². The monoisotopic (exact) mass is 518 g/mol. The molecule has 3 fully saturated rings. The number of nitrogens with two attached hydrogens (primary N) is 1. The maximum absolute atomic E-state index is 13.2. The van der Waals surface area contributed by atoms with Crippen LogP contribution in [0.1, 0.15) is 69.6 Å². The van der Waals surface area contributed by atoms with Crippen LogP contribution in [0.3, 0.4) is 0 Å². The summed E-state index contributed by atoms with van der Waals surface area (Å²) in [4.78, 5) is 46.6. The predicted molar refractivity (Wildman–Crippen MR) is 144 cm³/mol. The maximum atomic E-state index is 13.2. The van der Waals surface area contributed by atoms with E-state index in [0.717, 1.165) is 87.2 Å². The Hall–Kier alpha value is -3.26. The summed E-state index contributed by atoms with van der Waals surface area (Å²) >= 11 is 0. The molecule has 8 nitrogen and oxygen atoms in total. The number of esters is 1. The van der Waals surface area contributed by atoms with Gasteiger partial charge in [-0.2, -0.15) is 0 Å². The van der Waals surface area contributed by atoms with E-state index in [1.807, 2.05) is 36.9 Å². The minimum absolute atomic E-state index is 0.103. The van der Waals surface area contributed by atoms with Crippen LogP contribution in [0.25, 0.3) is 0 Å². The normalized spacial score (nSPS) is 22.4. The molecule has 0 bridgehead atoms. The largest absolute Gasteiger partial charge is 0.465 e. The molecule has 2 aliphatic heterocycles. The maximum Gasteiger partial charge on any atom is 0.316 e. The summed E-state index contributed by atoms with van der Waals surface area (Å²) in [5, 5.41) is 0. The van der Waals surface area contributed by atoms with Gasteiger partial charge in [0.2, 0.25) is 5.91 Å². The molecule has 2 saturated heterocycles. The van der Waals surface area contributed by atoms with Crippen molar-refractivity contribution in [1.29, 1.82) is 0 Å². The number of rotatable bonds is 8. The number of hydrogen-bond acceptors (Lipinski definition) is 6. The zero-order valence-electron chi connectivity index (χ0n) is 22.4. The number of primary amides is 1. The molecule has 1 aliphatic carbocycles. The summed E-state index contributed by atoms with van der Waals surface area (Å²) in [7, 11) is 0. The van der Waals surface area contributed by atoms with Gasteiger partial charge in [0, 0.05) is 44.5 Å². The van der Waals surface area contributed by atoms with E-state index in [4.69, 9.17) is 10.5 Å². The number of amides is 2. The average Bonchev–Trinajstić information content (AvgIpc) is 3.62. The van der Waals surface area contributed by atoms with Crippen LogP contribution in [0.4, 0.5) is 0 Å². The van der Waals surface area contributed by atoms with E-state index in [9.17, 15) is 14.4 Å². The minimum atomic E-state index is -0.623. The van der Waals surface area contributed by atoms with Crippen molar-refractivity contribution in [2.45, 2.75) is 51.4 Å². The number of benzene rings is 1. The van der Waals surface area contributed by atoms with Crippen LogP contribution in [-0.2, 0) is 14.9 Å². The predicted octanol–water partition coefficient (Wildman–Crippen LogP) is 3.25. The third kappa shape index (κ3) is 5.06. The van der Waals surface area contributed by atoms with Gasteiger partial charge < -0.3 is 20.3 Å². The van der Waals surface area contributed by atoms with E-state index in [1.165, 1.54) is 0 Å². The number of carbonyl (C=O) groups excluding carboxylic acids is 3. The number of fused-ring (bicyclic) bond motifs is 1. The molecule has 5 rings (SSSR count). The van der Waals surface area contributed by atoms with Crippen molar-refractivity contribution in [3.8, 4) is 0 Å². The smallest absolute Gasteiger partial charge is 0.316 e. The Morgan fingerprint density at radius 2 is 1.66 bits per heavy atom. The Balaban J connectivity index is 1.09. The van der Waals surface area contributed by atoms with Crippen molar-refractivity contribution in [2.75, 3.05) is 39.3 Å². The molecule has 1 saturated carbocycles. The molecule has 3 aliphatic rings. The van der Waals surface area contributed by atoms with Crippen LogP contribution in [0.15, 0.2) is 36.5 Å². The first-order valence-electron chi connectivity index (χ1n) is 13.8. The first kappa shape index (κ1) is 26.4. The average molecular weight is 519 g/mol. The second-order valence-corrected chi connectivity index (χ2v) is 11.3. The number of hydrogen-bond donors (Lipinski definition) is 1. The quantitative estimate of drug-likeness (QED) is 0.425. The molecule has 0 radical (unpaired) electrons. The van der Waals surface area contributed by atoms with Crippen molar-refractivity contribution < 1.29 is 19.1 Å². The van der Waals surface area contributed by atoms with Gasteiger partial charge in [0.25, 0.3) is 5.91 Å². The Kier molecular flexibility index (Phi) is 7.52. The SMILES string of the molecule is Cc1ccnc(C)c1C(=O)N1CC2CN(CCCOC(=O)C3(c4ccc(C(N)=O)cc4)CCCC3)CC2C1. The zero-order chi connectivity index (χ0) is 26.9. The summed E-state index contributed by atoms with van der Waals surface area (Å²) in [6, 6.07) is 8.99. The molecule has 2 amide bonds. The first-order chi connectivity index (χ1) is 18.3. The van der Waals surface area contributed by atoms with E-state index in [0.29, 0.717) is 24.0 Å². The molecule has 202 valence electrons. The van der Waals surface area contributed by atoms with Crippen LogP contribution >= 0.6 is 0 Å².